The van der Waals surface area contributed by atoms with Crippen molar-refractivity contribution < 1.29 is 9.53 Å². The highest BCUT2D eigenvalue weighted by atomic mass is 16.5. The molecule has 0 fully saturated rings. The van der Waals surface area contributed by atoms with E-state index in [-0.39, 0.29) is 16.7 Å². The third kappa shape index (κ3) is 4.93. The van der Waals surface area contributed by atoms with Crippen LogP contribution in [0, 0.1) is 0 Å². The van der Waals surface area contributed by atoms with Gasteiger partial charge in [0.15, 0.2) is 0 Å². The van der Waals surface area contributed by atoms with E-state index in [1.807, 2.05) is 66.7 Å². The third-order valence-electron chi connectivity index (χ3n) is 6.22. The van der Waals surface area contributed by atoms with Crippen LogP contribution >= 0.6 is 0 Å². The van der Waals surface area contributed by atoms with Crippen LogP contribution in [0.2, 0.25) is 0 Å². The van der Waals surface area contributed by atoms with Gasteiger partial charge in [0.05, 0.1) is 18.4 Å². The van der Waals surface area contributed by atoms with Crippen molar-refractivity contribution in [3.8, 4) is 5.75 Å². The number of hydrogen-bond acceptors (Lipinski definition) is 3. The monoisotopic (exact) mass is 466 g/mol. The van der Waals surface area contributed by atoms with Crippen LogP contribution in [-0.2, 0) is 15.6 Å². The first-order valence-electron chi connectivity index (χ1n) is 12.0. The Hall–Kier alpha value is -3.66. The van der Waals surface area contributed by atoms with Gasteiger partial charge in [0.1, 0.15) is 11.5 Å². The highest BCUT2D eigenvalue weighted by Crippen LogP contribution is 2.40. The number of methoxy groups -OCH3 is 1. The minimum atomic E-state index is -0.157. The molecule has 3 aromatic rings. The molecule has 0 radical (unpaired) electrons. The normalized spacial score (nSPS) is 15.5. The molecule has 1 heterocycles. The molecule has 180 valence electrons. The molecule has 1 amide bonds. The van der Waals surface area contributed by atoms with Crippen molar-refractivity contribution in [2.45, 2.75) is 52.4 Å². The van der Waals surface area contributed by atoms with E-state index in [0.717, 1.165) is 28.1 Å². The molecule has 4 nitrogen and oxygen atoms in total. The number of benzene rings is 3. The summed E-state index contributed by atoms with van der Waals surface area (Å²) in [5.41, 5.74) is 5.82. The lowest BCUT2D eigenvalue weighted by Crippen LogP contribution is -2.21. The summed E-state index contributed by atoms with van der Waals surface area (Å²) in [7, 11) is 1.70. The lowest BCUT2D eigenvalue weighted by molar-refractivity contribution is -0.114. The fourth-order valence-electron chi connectivity index (χ4n) is 4.23. The molecule has 0 N–H and O–H groups in total. The molecular formula is C31H34N2O2. The van der Waals surface area contributed by atoms with Gasteiger partial charge in [-0.25, -0.2) is 0 Å². The minimum absolute atomic E-state index is 0.0639. The molecule has 0 aliphatic carbocycles. The number of anilines is 1. The molecule has 0 saturated carbocycles. The maximum atomic E-state index is 13.8. The molecule has 0 aromatic heterocycles. The summed E-state index contributed by atoms with van der Waals surface area (Å²) in [6.45, 7) is 13.2. The molecular weight excluding hydrogens is 432 g/mol. The third-order valence-corrected chi connectivity index (χ3v) is 6.22. The Labute approximate surface area is 208 Å². The van der Waals surface area contributed by atoms with Crippen molar-refractivity contribution in [2.75, 3.05) is 12.1 Å². The van der Waals surface area contributed by atoms with E-state index in [1.54, 1.807) is 7.11 Å². The van der Waals surface area contributed by atoms with E-state index in [4.69, 9.17) is 9.84 Å². The average molecular weight is 467 g/mol. The van der Waals surface area contributed by atoms with E-state index >= 15 is 0 Å². The molecule has 0 saturated heterocycles. The van der Waals surface area contributed by atoms with Crippen molar-refractivity contribution >= 4 is 23.4 Å². The van der Waals surface area contributed by atoms with Gasteiger partial charge in [-0.1, -0.05) is 96.1 Å². The number of para-hydroxylation sites is 1. The zero-order chi connectivity index (χ0) is 25.4. The quantitative estimate of drug-likeness (QED) is 0.384. The van der Waals surface area contributed by atoms with Gasteiger partial charge in [-0.15, -0.1) is 0 Å². The second kappa shape index (κ2) is 9.18. The first kappa shape index (κ1) is 24.5. The standard InChI is InChI=1S/C31H34N2O2/c1-30(2,3)23-18-22(28(35-7)26(20-23)31(4,5)6)19-25-27(21-14-10-8-11-15-21)32-33(29(25)34)24-16-12-9-13-17-24/h8-20H,1-7H3/b25-19-. The van der Waals surface area contributed by atoms with E-state index in [2.05, 4.69) is 53.7 Å². The maximum Gasteiger partial charge on any atom is 0.281 e. The molecule has 4 heteroatoms. The van der Waals surface area contributed by atoms with Crippen molar-refractivity contribution in [2.24, 2.45) is 5.10 Å². The Morgan fingerprint density at radius 2 is 1.43 bits per heavy atom. The van der Waals surface area contributed by atoms with Gasteiger partial charge in [0.2, 0.25) is 0 Å². The molecule has 1 aliphatic rings. The number of carbonyl (C=O) groups is 1. The number of rotatable bonds is 4. The van der Waals surface area contributed by atoms with Crippen molar-refractivity contribution in [1.29, 1.82) is 0 Å². The van der Waals surface area contributed by atoms with Gasteiger partial charge >= 0.3 is 0 Å². The Kier molecular flexibility index (Phi) is 6.42. The Balaban J connectivity index is 1.96. The number of carbonyl (C=O) groups excluding carboxylic acids is 1. The zero-order valence-electron chi connectivity index (χ0n) is 21.7. The maximum absolute atomic E-state index is 13.8. The van der Waals surface area contributed by atoms with Gasteiger partial charge in [0.25, 0.3) is 5.91 Å². The molecule has 0 unspecified atom stereocenters. The second-order valence-electron chi connectivity index (χ2n) is 11.0. The molecule has 0 spiro atoms. The lowest BCUT2D eigenvalue weighted by atomic mass is 9.78. The summed E-state index contributed by atoms with van der Waals surface area (Å²) in [5.74, 6) is 0.631. The van der Waals surface area contributed by atoms with Crippen LogP contribution in [0.25, 0.3) is 6.08 Å². The molecule has 0 atom stereocenters. The van der Waals surface area contributed by atoms with Crippen LogP contribution in [0.3, 0.4) is 0 Å². The Bertz CT molecular complexity index is 1290. The molecule has 3 aromatic carbocycles. The van der Waals surface area contributed by atoms with Gasteiger partial charge in [-0.05, 0) is 40.7 Å². The SMILES string of the molecule is COc1c(/C=C2\C(=O)N(c3ccccc3)N=C2c2ccccc2)cc(C(C)(C)C)cc1C(C)(C)C. The lowest BCUT2D eigenvalue weighted by Gasteiger charge is -2.28. The van der Waals surface area contributed by atoms with Gasteiger partial charge in [-0.2, -0.15) is 10.1 Å². The van der Waals surface area contributed by atoms with Gasteiger partial charge in [0, 0.05) is 16.7 Å². The second-order valence-corrected chi connectivity index (χ2v) is 11.0. The highest BCUT2D eigenvalue weighted by Gasteiger charge is 2.33. The minimum Gasteiger partial charge on any atom is -0.496 e. The topological polar surface area (TPSA) is 41.9 Å². The fourth-order valence-corrected chi connectivity index (χ4v) is 4.23. The van der Waals surface area contributed by atoms with Crippen molar-refractivity contribution in [3.63, 3.8) is 0 Å². The van der Waals surface area contributed by atoms with E-state index in [9.17, 15) is 4.79 Å². The molecule has 1 aliphatic heterocycles. The molecule has 4 rings (SSSR count). The van der Waals surface area contributed by atoms with Crippen molar-refractivity contribution in [1.82, 2.24) is 0 Å². The first-order valence-corrected chi connectivity index (χ1v) is 12.0. The van der Waals surface area contributed by atoms with E-state index < -0.39 is 0 Å². The number of nitrogens with zero attached hydrogens (tertiary/aromatic N) is 2. The summed E-state index contributed by atoms with van der Waals surface area (Å²) in [6.07, 6.45) is 1.94. The van der Waals surface area contributed by atoms with Crippen LogP contribution in [0.1, 0.15) is 63.8 Å². The smallest absolute Gasteiger partial charge is 0.281 e. The van der Waals surface area contributed by atoms with Crippen molar-refractivity contribution in [3.05, 3.63) is 101 Å². The largest absolute Gasteiger partial charge is 0.496 e. The average Bonchev–Trinajstić information content (AvgIpc) is 3.14. The van der Waals surface area contributed by atoms with Crippen LogP contribution < -0.4 is 9.75 Å². The van der Waals surface area contributed by atoms with E-state index in [0.29, 0.717) is 11.3 Å². The van der Waals surface area contributed by atoms with Crippen LogP contribution in [0.5, 0.6) is 5.75 Å². The van der Waals surface area contributed by atoms with Gasteiger partial charge < -0.3 is 4.74 Å². The summed E-state index contributed by atoms with van der Waals surface area (Å²) in [5, 5.41) is 6.26. The Morgan fingerprint density at radius 3 is 1.97 bits per heavy atom. The fraction of sp³-hybridized carbons (Fsp3) is 0.290. The molecule has 0 bridgehead atoms. The Morgan fingerprint density at radius 1 is 0.829 bits per heavy atom. The van der Waals surface area contributed by atoms with Crippen LogP contribution in [-0.4, -0.2) is 18.7 Å². The summed E-state index contributed by atoms with van der Waals surface area (Å²) >= 11 is 0. The summed E-state index contributed by atoms with van der Waals surface area (Å²) < 4.78 is 5.96. The first-order chi connectivity index (χ1) is 16.5. The number of hydrogen-bond donors (Lipinski definition) is 0. The van der Waals surface area contributed by atoms with E-state index in [1.165, 1.54) is 10.6 Å². The summed E-state index contributed by atoms with van der Waals surface area (Å²) in [4.78, 5) is 13.8. The van der Waals surface area contributed by atoms with Crippen LogP contribution in [0.15, 0.2) is 83.5 Å². The number of amides is 1. The highest BCUT2D eigenvalue weighted by molar-refractivity contribution is 6.37. The zero-order valence-corrected chi connectivity index (χ0v) is 21.7. The molecule has 35 heavy (non-hydrogen) atoms. The van der Waals surface area contributed by atoms with Gasteiger partial charge in [-0.3, -0.25) is 4.79 Å². The number of hydrazone groups is 1. The van der Waals surface area contributed by atoms with Crippen LogP contribution in [0.4, 0.5) is 5.69 Å². The number of ether oxygens (including phenoxy) is 1. The predicted octanol–water partition coefficient (Wildman–Crippen LogP) is 7.12. The predicted molar refractivity (Wildman–Crippen MR) is 145 cm³/mol. The summed E-state index contributed by atoms with van der Waals surface area (Å²) in [6, 6.07) is 23.8.